The molecule has 0 radical (unpaired) electrons. The topological polar surface area (TPSA) is 75.6 Å². The number of imidazole rings is 1. The molecule has 0 atom stereocenters. The molecule has 3 aromatic carbocycles. The zero-order valence-electron chi connectivity index (χ0n) is 17.3. The van der Waals surface area contributed by atoms with Crippen molar-refractivity contribution in [2.24, 2.45) is 0 Å². The predicted molar refractivity (Wildman–Crippen MR) is 118 cm³/mol. The van der Waals surface area contributed by atoms with Gasteiger partial charge in [0.25, 0.3) is 5.91 Å². The number of alkyl halides is 3. The summed E-state index contributed by atoms with van der Waals surface area (Å²) in [5.74, 6) is -1.04. The van der Waals surface area contributed by atoms with Crippen molar-refractivity contribution in [3.05, 3.63) is 96.1 Å². The molecule has 2 aromatic heterocycles. The summed E-state index contributed by atoms with van der Waals surface area (Å²) in [7, 11) is 0. The Morgan fingerprint density at radius 2 is 1.74 bits per heavy atom. The highest BCUT2D eigenvalue weighted by Gasteiger charge is 2.40. The number of para-hydroxylation sites is 2. The lowest BCUT2D eigenvalue weighted by molar-refractivity contribution is -0.143. The fourth-order valence-electron chi connectivity index (χ4n) is 3.60. The first kappa shape index (κ1) is 21.4. The van der Waals surface area contributed by atoms with Gasteiger partial charge in [0.05, 0.1) is 28.5 Å². The van der Waals surface area contributed by atoms with Gasteiger partial charge in [0, 0.05) is 11.3 Å². The number of hydrogen-bond donors (Lipinski definition) is 2. The summed E-state index contributed by atoms with van der Waals surface area (Å²) < 4.78 is 55.4. The summed E-state index contributed by atoms with van der Waals surface area (Å²) in [6.07, 6.45) is -4.04. The number of rotatable bonds is 4. The number of halogens is 4. The van der Waals surface area contributed by atoms with Gasteiger partial charge in [-0.1, -0.05) is 24.3 Å². The average molecular weight is 465 g/mol. The second-order valence-corrected chi connectivity index (χ2v) is 7.43. The van der Waals surface area contributed by atoms with Gasteiger partial charge in [0.2, 0.25) is 0 Å². The van der Waals surface area contributed by atoms with E-state index < -0.39 is 29.2 Å². The third-order valence-electron chi connectivity index (χ3n) is 5.14. The Bertz CT molecular complexity index is 1470. The van der Waals surface area contributed by atoms with Gasteiger partial charge in [-0.25, -0.2) is 14.1 Å². The van der Waals surface area contributed by atoms with Gasteiger partial charge in [-0.05, 0) is 48.5 Å². The Kier molecular flexibility index (Phi) is 5.12. The number of H-pyrrole nitrogens is 1. The maximum absolute atomic E-state index is 13.9. The number of nitrogens with one attached hydrogen (secondary N) is 2. The Morgan fingerprint density at radius 1 is 0.971 bits per heavy atom. The minimum Gasteiger partial charge on any atom is -0.338 e. The van der Waals surface area contributed by atoms with E-state index in [1.807, 2.05) is 24.3 Å². The van der Waals surface area contributed by atoms with E-state index in [9.17, 15) is 22.4 Å². The van der Waals surface area contributed by atoms with Crippen molar-refractivity contribution in [1.29, 1.82) is 0 Å². The average Bonchev–Trinajstić information content (AvgIpc) is 3.45. The number of fused-ring (bicyclic) bond motifs is 1. The van der Waals surface area contributed by atoms with Crippen LogP contribution in [0, 0.1) is 5.82 Å². The number of carbonyl (C=O) groups is 1. The lowest BCUT2D eigenvalue weighted by Gasteiger charge is -2.13. The first-order valence-electron chi connectivity index (χ1n) is 10.1. The van der Waals surface area contributed by atoms with Crippen LogP contribution in [0.2, 0.25) is 0 Å². The number of anilines is 1. The molecular weight excluding hydrogens is 450 g/mol. The van der Waals surface area contributed by atoms with Crippen LogP contribution in [0.1, 0.15) is 16.1 Å². The molecule has 2 N–H and O–H groups in total. The molecule has 0 unspecified atom stereocenters. The van der Waals surface area contributed by atoms with Gasteiger partial charge in [-0.3, -0.25) is 4.79 Å². The number of carbonyl (C=O) groups excluding carboxylic acids is 1. The van der Waals surface area contributed by atoms with Crippen LogP contribution in [-0.2, 0) is 6.18 Å². The second-order valence-electron chi connectivity index (χ2n) is 7.43. The fraction of sp³-hybridized carbons (Fsp3) is 0.0417. The molecule has 0 saturated heterocycles. The molecule has 0 saturated carbocycles. The standard InChI is InChI=1S/C24H15F4N5O/c25-15-8-10-17(11-9-15)33-21(24(26,27)28)18(13-29-33)23(34)30-16-5-3-4-14(12-16)22-31-19-6-1-2-7-20(19)32-22/h1-13H,(H,30,34)(H,31,32). The van der Waals surface area contributed by atoms with Crippen LogP contribution >= 0.6 is 0 Å². The molecule has 5 rings (SSSR count). The normalized spacial score (nSPS) is 11.6. The number of aromatic amines is 1. The molecule has 0 aliphatic heterocycles. The minimum atomic E-state index is -4.88. The molecule has 6 nitrogen and oxygen atoms in total. The van der Waals surface area contributed by atoms with Crippen LogP contribution < -0.4 is 5.32 Å². The lowest BCUT2D eigenvalue weighted by atomic mass is 10.1. The van der Waals surface area contributed by atoms with Crippen LogP contribution in [-0.4, -0.2) is 25.7 Å². The van der Waals surface area contributed by atoms with Crippen molar-refractivity contribution >= 4 is 22.6 Å². The number of nitrogens with zero attached hydrogens (tertiary/aromatic N) is 3. The van der Waals surface area contributed by atoms with Crippen molar-refractivity contribution in [2.45, 2.75) is 6.18 Å². The molecule has 10 heteroatoms. The Balaban J connectivity index is 1.47. The third-order valence-corrected chi connectivity index (χ3v) is 5.14. The van der Waals surface area contributed by atoms with E-state index in [0.29, 0.717) is 16.1 Å². The van der Waals surface area contributed by atoms with Crippen molar-refractivity contribution < 1.29 is 22.4 Å². The summed E-state index contributed by atoms with van der Waals surface area (Å²) in [6.45, 7) is 0. The van der Waals surface area contributed by atoms with E-state index in [0.717, 1.165) is 41.5 Å². The van der Waals surface area contributed by atoms with E-state index in [1.165, 1.54) is 0 Å². The Morgan fingerprint density at radius 3 is 2.47 bits per heavy atom. The highest BCUT2D eigenvalue weighted by atomic mass is 19.4. The van der Waals surface area contributed by atoms with E-state index in [2.05, 4.69) is 20.4 Å². The molecule has 34 heavy (non-hydrogen) atoms. The van der Waals surface area contributed by atoms with Crippen LogP contribution in [0.4, 0.5) is 23.2 Å². The van der Waals surface area contributed by atoms with E-state index in [1.54, 1.807) is 24.3 Å². The van der Waals surface area contributed by atoms with Crippen molar-refractivity contribution in [3.8, 4) is 17.1 Å². The first-order chi connectivity index (χ1) is 16.3. The van der Waals surface area contributed by atoms with Gasteiger partial charge < -0.3 is 10.3 Å². The van der Waals surface area contributed by atoms with E-state index >= 15 is 0 Å². The molecule has 1 amide bonds. The van der Waals surface area contributed by atoms with Gasteiger partial charge in [-0.2, -0.15) is 18.3 Å². The maximum atomic E-state index is 13.9. The van der Waals surface area contributed by atoms with Crippen molar-refractivity contribution in [1.82, 2.24) is 19.7 Å². The largest absolute Gasteiger partial charge is 0.434 e. The molecule has 0 bridgehead atoms. The molecule has 5 aromatic rings. The molecular formula is C24H15F4N5O. The molecule has 170 valence electrons. The quantitative estimate of drug-likeness (QED) is 0.328. The predicted octanol–water partition coefficient (Wildman–Crippen LogP) is 5.83. The smallest absolute Gasteiger partial charge is 0.338 e. The summed E-state index contributed by atoms with van der Waals surface area (Å²) >= 11 is 0. The van der Waals surface area contributed by atoms with E-state index in [4.69, 9.17) is 0 Å². The second kappa shape index (κ2) is 8.14. The summed E-state index contributed by atoms with van der Waals surface area (Å²) in [4.78, 5) is 20.5. The number of benzene rings is 3. The third kappa shape index (κ3) is 4.01. The van der Waals surface area contributed by atoms with Crippen LogP contribution in [0.3, 0.4) is 0 Å². The zero-order chi connectivity index (χ0) is 23.9. The Hall–Kier alpha value is -4.47. The van der Waals surface area contributed by atoms with Crippen LogP contribution in [0.25, 0.3) is 28.1 Å². The molecule has 2 heterocycles. The lowest BCUT2D eigenvalue weighted by Crippen LogP contribution is -2.20. The zero-order valence-corrected chi connectivity index (χ0v) is 17.3. The molecule has 0 fully saturated rings. The van der Waals surface area contributed by atoms with Gasteiger partial charge >= 0.3 is 6.18 Å². The van der Waals surface area contributed by atoms with Crippen LogP contribution in [0.15, 0.2) is 79.0 Å². The highest BCUT2D eigenvalue weighted by Crippen LogP contribution is 2.34. The summed E-state index contributed by atoms with van der Waals surface area (Å²) in [5, 5.41) is 6.23. The van der Waals surface area contributed by atoms with Gasteiger partial charge in [-0.15, -0.1) is 0 Å². The fourth-order valence-corrected chi connectivity index (χ4v) is 3.60. The molecule has 0 aliphatic rings. The summed E-state index contributed by atoms with van der Waals surface area (Å²) in [5.41, 5.74) is 0.568. The number of aromatic nitrogens is 4. The minimum absolute atomic E-state index is 0.0281. The van der Waals surface area contributed by atoms with Gasteiger partial charge in [0.15, 0.2) is 5.69 Å². The van der Waals surface area contributed by atoms with E-state index in [-0.39, 0.29) is 11.4 Å². The van der Waals surface area contributed by atoms with Crippen molar-refractivity contribution in [3.63, 3.8) is 0 Å². The van der Waals surface area contributed by atoms with Crippen molar-refractivity contribution in [2.75, 3.05) is 5.32 Å². The number of amides is 1. The number of hydrogen-bond acceptors (Lipinski definition) is 3. The SMILES string of the molecule is O=C(Nc1cccc(-c2nc3ccccc3[nH]2)c1)c1cnn(-c2ccc(F)cc2)c1C(F)(F)F. The monoisotopic (exact) mass is 465 g/mol. The first-order valence-corrected chi connectivity index (χ1v) is 10.1. The molecule has 0 aliphatic carbocycles. The highest BCUT2D eigenvalue weighted by molar-refractivity contribution is 6.05. The molecule has 0 spiro atoms. The summed E-state index contributed by atoms with van der Waals surface area (Å²) in [6, 6.07) is 18.3. The maximum Gasteiger partial charge on any atom is 0.434 e. The van der Waals surface area contributed by atoms with Crippen LogP contribution in [0.5, 0.6) is 0 Å². The van der Waals surface area contributed by atoms with Gasteiger partial charge in [0.1, 0.15) is 11.6 Å². The Labute approximate surface area is 189 Å².